The summed E-state index contributed by atoms with van der Waals surface area (Å²) < 4.78 is 6.00. The van der Waals surface area contributed by atoms with Crippen LogP contribution in [0.3, 0.4) is 0 Å². The zero-order valence-electron chi connectivity index (χ0n) is 25.4. The van der Waals surface area contributed by atoms with E-state index in [1.54, 1.807) is 5.57 Å². The van der Waals surface area contributed by atoms with E-state index in [-0.39, 0.29) is 57.3 Å². The summed E-state index contributed by atoms with van der Waals surface area (Å²) in [4.78, 5) is 26.9. The third-order valence-corrected chi connectivity index (χ3v) is 13.7. The first-order chi connectivity index (χ1) is 17.7. The maximum absolute atomic E-state index is 13.9. The third-order valence-electron chi connectivity index (χ3n) is 13.7. The van der Waals surface area contributed by atoms with Crippen molar-refractivity contribution < 1.29 is 19.4 Å². The molecule has 4 nitrogen and oxygen atoms in total. The summed E-state index contributed by atoms with van der Waals surface area (Å²) >= 11 is 0. The van der Waals surface area contributed by atoms with Crippen LogP contribution in [0.25, 0.3) is 0 Å². The first-order valence-corrected chi connectivity index (χ1v) is 15.8. The average molecular weight is 527 g/mol. The van der Waals surface area contributed by atoms with Crippen molar-refractivity contribution in [2.24, 2.45) is 50.2 Å². The molecule has 5 aliphatic carbocycles. The van der Waals surface area contributed by atoms with Gasteiger partial charge in [0.05, 0.1) is 24.0 Å². The Hall–Kier alpha value is -1.16. The van der Waals surface area contributed by atoms with Crippen LogP contribution in [0, 0.1) is 50.2 Å². The van der Waals surface area contributed by atoms with Gasteiger partial charge in [-0.15, -0.1) is 0 Å². The van der Waals surface area contributed by atoms with Crippen molar-refractivity contribution in [2.75, 3.05) is 13.2 Å². The molecule has 4 heteroatoms. The molecule has 0 aromatic rings. The van der Waals surface area contributed by atoms with E-state index in [1.165, 1.54) is 0 Å². The van der Waals surface area contributed by atoms with Crippen LogP contribution in [-0.2, 0) is 14.3 Å². The number of aliphatic hydroxyl groups excluding tert-OH is 1. The fraction of sp³-hybridized carbons (Fsp3) is 0.882. The molecule has 5 aliphatic rings. The molecule has 8 atom stereocenters. The van der Waals surface area contributed by atoms with Crippen molar-refractivity contribution in [1.82, 2.24) is 0 Å². The Kier molecular flexibility index (Phi) is 6.85. The highest BCUT2D eigenvalue weighted by molar-refractivity contribution is 5.86. The molecule has 4 fully saturated rings. The third kappa shape index (κ3) is 3.70. The molecule has 0 spiro atoms. The summed E-state index contributed by atoms with van der Waals surface area (Å²) in [6, 6.07) is 0. The molecule has 0 saturated heterocycles. The summed E-state index contributed by atoms with van der Waals surface area (Å²) in [6.07, 6.45) is 14.3. The molecule has 0 aliphatic heterocycles. The Morgan fingerprint density at radius 3 is 2.39 bits per heavy atom. The highest BCUT2D eigenvalue weighted by Crippen LogP contribution is 2.75. The van der Waals surface area contributed by atoms with Crippen molar-refractivity contribution in [1.29, 1.82) is 0 Å². The molecule has 0 aromatic heterocycles. The summed E-state index contributed by atoms with van der Waals surface area (Å²) in [7, 11) is 0. The van der Waals surface area contributed by atoms with Crippen molar-refractivity contribution in [2.45, 2.75) is 126 Å². The molecule has 4 saturated carbocycles. The van der Waals surface area contributed by atoms with E-state index in [0.29, 0.717) is 18.9 Å². The number of carbonyl (C=O) groups excluding carboxylic acids is 2. The van der Waals surface area contributed by atoms with Gasteiger partial charge in [0.25, 0.3) is 0 Å². The van der Waals surface area contributed by atoms with Crippen LogP contribution in [0.5, 0.6) is 0 Å². The first-order valence-electron chi connectivity index (χ1n) is 15.8. The molecule has 0 radical (unpaired) electrons. The summed E-state index contributed by atoms with van der Waals surface area (Å²) in [6.45, 7) is 17.0. The molecule has 214 valence electrons. The number of carbonyl (C=O) groups is 2. The predicted octanol–water partition coefficient (Wildman–Crippen LogP) is 7.67. The molecular formula is C34H54O4. The lowest BCUT2D eigenvalue weighted by molar-refractivity contribution is -0.196. The van der Waals surface area contributed by atoms with Crippen LogP contribution in [0.2, 0.25) is 0 Å². The van der Waals surface area contributed by atoms with Crippen LogP contribution < -0.4 is 0 Å². The average Bonchev–Trinajstić information content (AvgIpc) is 2.86. The topological polar surface area (TPSA) is 63.6 Å². The number of hydrogen-bond donors (Lipinski definition) is 1. The number of fused-ring (bicyclic) bond motifs is 7. The number of Topliss-reactive ketones (excluding diaryl/α,β-unsaturated/α-hetero) is 1. The highest BCUT2D eigenvalue weighted by atomic mass is 16.5. The minimum Gasteiger partial charge on any atom is -0.465 e. The van der Waals surface area contributed by atoms with Gasteiger partial charge in [-0.1, -0.05) is 66.5 Å². The summed E-state index contributed by atoms with van der Waals surface area (Å²) in [5.74, 6) is 1.32. The molecule has 1 unspecified atom stereocenters. The van der Waals surface area contributed by atoms with Crippen LogP contribution in [0.15, 0.2) is 11.6 Å². The summed E-state index contributed by atoms with van der Waals surface area (Å²) in [5, 5.41) is 10.4. The van der Waals surface area contributed by atoms with Gasteiger partial charge in [-0.2, -0.15) is 0 Å². The van der Waals surface area contributed by atoms with Gasteiger partial charge in [-0.25, -0.2) is 0 Å². The number of esters is 1. The van der Waals surface area contributed by atoms with Gasteiger partial charge in [-0.05, 0) is 104 Å². The van der Waals surface area contributed by atoms with Crippen LogP contribution in [0.4, 0.5) is 0 Å². The lowest BCUT2D eigenvalue weighted by Gasteiger charge is -2.70. The second-order valence-corrected chi connectivity index (χ2v) is 15.9. The number of ether oxygens (including phenoxy) is 1. The highest BCUT2D eigenvalue weighted by Gasteiger charge is 2.69. The van der Waals surface area contributed by atoms with Gasteiger partial charge in [0.2, 0.25) is 0 Å². The molecule has 38 heavy (non-hydrogen) atoms. The van der Waals surface area contributed by atoms with Gasteiger partial charge in [-0.3, -0.25) is 9.59 Å². The molecule has 0 amide bonds. The second kappa shape index (κ2) is 9.18. The first kappa shape index (κ1) is 28.4. The predicted molar refractivity (Wildman–Crippen MR) is 151 cm³/mol. The fourth-order valence-corrected chi connectivity index (χ4v) is 10.9. The maximum atomic E-state index is 13.9. The van der Waals surface area contributed by atoms with E-state index < -0.39 is 5.41 Å². The Morgan fingerprint density at radius 1 is 1.00 bits per heavy atom. The standard InChI is InChI=1S/C34H54O4/c1-8-9-20-38-28(37)34-18-16-29(2,3)21-24(34)23-10-11-26-30(4)14-13-27(36)31(5,22-35)25(30)12-15-33(26,7)32(23,6)17-19-34/h10,24-26,35H,8-9,11-22H2,1-7H3/t24-,25+,26?,30-,31-,32+,33+,34-/m0/s1. The molecule has 1 N–H and O–H groups in total. The number of hydrogen-bond acceptors (Lipinski definition) is 4. The number of ketones is 1. The maximum Gasteiger partial charge on any atom is 0.312 e. The van der Waals surface area contributed by atoms with E-state index in [0.717, 1.165) is 70.6 Å². The van der Waals surface area contributed by atoms with E-state index in [4.69, 9.17) is 4.74 Å². The second-order valence-electron chi connectivity index (χ2n) is 15.9. The Labute approximate surface area is 231 Å². The van der Waals surface area contributed by atoms with E-state index in [9.17, 15) is 14.7 Å². The van der Waals surface area contributed by atoms with Gasteiger partial charge in [0.1, 0.15) is 5.78 Å². The fourth-order valence-electron chi connectivity index (χ4n) is 10.9. The minimum absolute atomic E-state index is 0.0340. The minimum atomic E-state index is -0.614. The van der Waals surface area contributed by atoms with Crippen LogP contribution in [-0.4, -0.2) is 30.1 Å². The Balaban J connectivity index is 1.55. The quantitative estimate of drug-likeness (QED) is 0.227. The molecule has 0 aromatic carbocycles. The van der Waals surface area contributed by atoms with Crippen LogP contribution in [0.1, 0.15) is 126 Å². The largest absolute Gasteiger partial charge is 0.465 e. The monoisotopic (exact) mass is 526 g/mol. The lowest BCUT2D eigenvalue weighted by Crippen LogP contribution is -2.65. The lowest BCUT2D eigenvalue weighted by atomic mass is 9.33. The van der Waals surface area contributed by atoms with Gasteiger partial charge < -0.3 is 9.84 Å². The molecule has 5 rings (SSSR count). The van der Waals surface area contributed by atoms with Gasteiger partial charge >= 0.3 is 5.97 Å². The zero-order chi connectivity index (χ0) is 27.8. The number of rotatable bonds is 5. The number of allylic oxidation sites excluding steroid dienone is 2. The van der Waals surface area contributed by atoms with E-state index >= 15 is 0 Å². The number of aliphatic hydroxyl groups is 1. The van der Waals surface area contributed by atoms with E-state index in [1.807, 2.05) is 6.92 Å². The Morgan fingerprint density at radius 2 is 1.71 bits per heavy atom. The smallest absolute Gasteiger partial charge is 0.312 e. The molecular weight excluding hydrogens is 472 g/mol. The van der Waals surface area contributed by atoms with Crippen molar-refractivity contribution in [3.8, 4) is 0 Å². The number of unbranched alkanes of at least 4 members (excludes halogenated alkanes) is 1. The van der Waals surface area contributed by atoms with Crippen LogP contribution >= 0.6 is 0 Å². The SMILES string of the molecule is CCCCOC(=O)[C@]12CCC(C)(C)C[C@H]1C1=CCC3[C@@]4(C)CCC(=O)[C@@](C)(CO)[C@@H]4CC[C@@]3(C)[C@]1(C)CC2. The van der Waals surface area contributed by atoms with Crippen molar-refractivity contribution in [3.63, 3.8) is 0 Å². The Bertz CT molecular complexity index is 1010. The van der Waals surface area contributed by atoms with Crippen molar-refractivity contribution >= 4 is 11.8 Å². The van der Waals surface area contributed by atoms with Crippen molar-refractivity contribution in [3.05, 3.63) is 11.6 Å². The van der Waals surface area contributed by atoms with Gasteiger partial charge in [0, 0.05) is 6.42 Å². The zero-order valence-corrected chi connectivity index (χ0v) is 25.4. The van der Waals surface area contributed by atoms with E-state index in [2.05, 4.69) is 47.6 Å². The summed E-state index contributed by atoms with van der Waals surface area (Å²) in [5.41, 5.74) is 1.02. The molecule has 0 heterocycles. The normalized spacial score (nSPS) is 47.6. The van der Waals surface area contributed by atoms with Gasteiger partial charge in [0.15, 0.2) is 0 Å². The molecule has 0 bridgehead atoms.